The van der Waals surface area contributed by atoms with Crippen molar-refractivity contribution < 1.29 is 135 Å². The van der Waals surface area contributed by atoms with E-state index in [1.165, 1.54) is 0 Å². The molecule has 0 amide bonds. The van der Waals surface area contributed by atoms with Gasteiger partial charge >= 0.3 is 83.6 Å². The number of rotatable bonds is 43. The third kappa shape index (κ3) is 39.3. The molecule has 0 aromatic heterocycles. The Kier molecular flexibility index (Phi) is 47.2. The van der Waals surface area contributed by atoms with Crippen LogP contribution in [0.4, 0.5) is 0 Å². The molecule has 0 aliphatic carbocycles. The van der Waals surface area contributed by atoms with Gasteiger partial charge in [-0.2, -0.15) is 0 Å². The van der Waals surface area contributed by atoms with Gasteiger partial charge in [0.05, 0.1) is 25.7 Å². The van der Waals surface area contributed by atoms with E-state index in [1.807, 2.05) is 32.9 Å². The highest BCUT2D eigenvalue weighted by Crippen LogP contribution is 2.21. The fourth-order valence-electron chi connectivity index (χ4n) is 8.75. The molecule has 0 aliphatic heterocycles. The van der Waals surface area contributed by atoms with Crippen LogP contribution in [0.15, 0.2) is 121 Å². The Bertz CT molecular complexity index is 3630. The SMILES string of the molecule is CC(C)[C@H](N)C(=O)OC(CC(=O)OCc1ccccc1)C(=O)O.CC(C)[C@H](N)C(=O)OC(CC(=O)OCc1ccccc1)C(OC(=O)[C@@H](N)C(C)C)C(=O)O.CC[C@H](C)[C@H](N)C(=O)OC(CC(=O)OCc1ccccc1)C(=O)O.CC[C@H](C)[C@H](N)C(=O)OC(CC(=O)OCc1ccccc1)C(OC(=O)[C@@H](N)[C@@H](C)CC)C(=O)O. The molecule has 113 heavy (non-hydrogen) atoms. The first-order chi connectivity index (χ1) is 53.1. The average Bonchev–Trinajstić information content (AvgIpc) is 0.848. The molecule has 4 rings (SSSR count). The van der Waals surface area contributed by atoms with Crippen LogP contribution in [-0.2, 0) is 141 Å². The molecular formula is C79H112N6O28. The van der Waals surface area contributed by atoms with E-state index in [1.54, 1.807) is 172 Å². The quantitative estimate of drug-likeness (QED) is 0.0197. The van der Waals surface area contributed by atoms with Gasteiger partial charge in [0.2, 0.25) is 24.4 Å². The standard InChI is InChI=1S/C24H36N2O8.C22H32N2O8.C17H23NO6.C16H21NO6/c1-5-14(3)19(25)23(30)33-17(12-18(27)32-13-16-10-8-7-9-11-16)21(22(28)29)34-24(31)20(26)15(4)6-2;1-12(2)17(23)21(28)31-15(10-16(25)30-11-14-8-6-5-7-9-14)19(20(26)27)32-22(29)18(24)13(3)4;1-3-11(2)15(18)17(22)24-13(16(20)21)9-14(19)23-10-12-7-5-4-6-8-12;1-10(2)14(17)16(21)23-12(15(19)20)8-13(18)22-9-11-6-4-3-5-7-11/h7-11,14-15,17,19-21H,5-6,12-13,25-26H2,1-4H3,(H,28,29);5-9,12-13,15,17-19H,10-11,23-24H2,1-4H3,(H,26,27);4-8,11,13,15H,3,9-10,18H2,1-2H3,(H,20,21);3-7,10,12,14H,8-9,17H2,1-2H3,(H,19,20)/t14-,15-,17?,19-,20-,21?;15?,17-,18-,19?;11-,13?,15-;12?,14-/m0000/s1. The van der Waals surface area contributed by atoms with Gasteiger partial charge in [-0.15, -0.1) is 0 Å². The Morgan fingerprint density at radius 2 is 0.487 bits per heavy atom. The van der Waals surface area contributed by atoms with Crippen LogP contribution < -0.4 is 34.4 Å². The number of carboxylic acids is 4. The van der Waals surface area contributed by atoms with Gasteiger partial charge in [-0.05, 0) is 57.8 Å². The van der Waals surface area contributed by atoms with Crippen molar-refractivity contribution >= 4 is 83.6 Å². The number of carbonyl (C=O) groups excluding carboxylic acids is 10. The molecule has 4 aromatic carbocycles. The summed E-state index contributed by atoms with van der Waals surface area (Å²) in [6.07, 6.45) is -11.2. The molecule has 0 heterocycles. The number of benzene rings is 4. The van der Waals surface area contributed by atoms with Crippen LogP contribution >= 0.6 is 0 Å². The summed E-state index contributed by atoms with van der Waals surface area (Å²) in [7, 11) is 0. The highest BCUT2D eigenvalue weighted by atomic mass is 16.6. The summed E-state index contributed by atoms with van der Waals surface area (Å²) in [5, 5.41) is 37.5. The van der Waals surface area contributed by atoms with E-state index in [0.717, 1.165) is 11.1 Å². The number of esters is 10. The first-order valence-electron chi connectivity index (χ1n) is 36.6. The summed E-state index contributed by atoms with van der Waals surface area (Å²) in [5.41, 5.74) is 37.5. The van der Waals surface area contributed by atoms with Gasteiger partial charge in [0.1, 0.15) is 62.7 Å². The molecule has 0 saturated heterocycles. The summed E-state index contributed by atoms with van der Waals surface area (Å²) in [5.74, 6) is -16.4. The first-order valence-corrected chi connectivity index (χ1v) is 36.6. The molecule has 0 spiro atoms. The third-order valence-corrected chi connectivity index (χ3v) is 17.2. The summed E-state index contributed by atoms with van der Waals surface area (Å²) in [4.78, 5) is 168. The van der Waals surface area contributed by atoms with Crippen LogP contribution in [0.2, 0.25) is 0 Å². The maximum absolute atomic E-state index is 12.6. The molecule has 0 bridgehead atoms. The van der Waals surface area contributed by atoms with Crippen molar-refractivity contribution in [3.63, 3.8) is 0 Å². The lowest BCUT2D eigenvalue weighted by Crippen LogP contribution is -2.49. The number of ether oxygens (including phenoxy) is 10. The smallest absolute Gasteiger partial charge is 0.349 e. The number of aliphatic carboxylic acids is 4. The predicted octanol–water partition coefficient (Wildman–Crippen LogP) is 5.36. The summed E-state index contributed by atoms with van der Waals surface area (Å²) in [6, 6.07) is 29.3. The van der Waals surface area contributed by atoms with Crippen LogP contribution in [0.5, 0.6) is 0 Å². The normalized spacial score (nSPS) is 14.8. The van der Waals surface area contributed by atoms with Crippen molar-refractivity contribution in [2.24, 2.45) is 69.9 Å². The van der Waals surface area contributed by atoms with Crippen molar-refractivity contribution in [2.45, 2.75) is 227 Å². The van der Waals surface area contributed by atoms with Gasteiger partial charge in [0.25, 0.3) is 0 Å². The fourth-order valence-corrected chi connectivity index (χ4v) is 8.75. The monoisotopic (exact) mass is 1590 g/mol. The minimum Gasteiger partial charge on any atom is -0.478 e. The van der Waals surface area contributed by atoms with Crippen molar-refractivity contribution in [3.05, 3.63) is 144 Å². The molecule has 15 atom stereocenters. The van der Waals surface area contributed by atoms with Crippen LogP contribution in [-0.4, -0.2) is 177 Å². The van der Waals surface area contributed by atoms with E-state index >= 15 is 0 Å². The Morgan fingerprint density at radius 3 is 0.708 bits per heavy atom. The van der Waals surface area contributed by atoms with E-state index in [0.29, 0.717) is 30.4 Å². The number of hydrogen-bond acceptors (Lipinski definition) is 30. The summed E-state index contributed by atoms with van der Waals surface area (Å²) in [6.45, 7) is 20.7. The molecule has 4 aromatic rings. The molecular weight excluding hydrogens is 1480 g/mol. The molecule has 0 saturated carbocycles. The maximum atomic E-state index is 12.6. The second kappa shape index (κ2) is 53.2. The van der Waals surface area contributed by atoms with Crippen LogP contribution in [0.25, 0.3) is 0 Å². The second-order valence-corrected chi connectivity index (χ2v) is 27.3. The van der Waals surface area contributed by atoms with Crippen molar-refractivity contribution in [1.82, 2.24) is 0 Å². The lowest BCUT2D eigenvalue weighted by atomic mass is 10.00. The van der Waals surface area contributed by atoms with E-state index in [-0.39, 0.29) is 61.9 Å². The topological polar surface area (TPSA) is 568 Å². The largest absolute Gasteiger partial charge is 0.478 e. The van der Waals surface area contributed by atoms with Gasteiger partial charge < -0.3 is 102 Å². The van der Waals surface area contributed by atoms with Crippen molar-refractivity contribution in [3.8, 4) is 0 Å². The van der Waals surface area contributed by atoms with E-state index < -0.39 is 182 Å². The Labute approximate surface area is 656 Å². The van der Waals surface area contributed by atoms with Gasteiger partial charge in [0.15, 0.2) is 12.2 Å². The van der Waals surface area contributed by atoms with Crippen molar-refractivity contribution in [1.29, 1.82) is 0 Å². The first kappa shape index (κ1) is 100. The predicted molar refractivity (Wildman–Crippen MR) is 404 cm³/mol. The molecule has 0 fully saturated rings. The number of carbonyl (C=O) groups is 14. The minimum absolute atomic E-state index is 0.0193. The fraction of sp³-hybridized carbons (Fsp3) is 0.519. The van der Waals surface area contributed by atoms with Crippen molar-refractivity contribution in [2.75, 3.05) is 0 Å². The summed E-state index contributed by atoms with van der Waals surface area (Å²) < 4.78 is 50.5. The van der Waals surface area contributed by atoms with Crippen LogP contribution in [0, 0.1) is 35.5 Å². The minimum atomic E-state index is -1.97. The van der Waals surface area contributed by atoms with Crippen LogP contribution in [0.1, 0.15) is 150 Å². The van der Waals surface area contributed by atoms with E-state index in [9.17, 15) is 77.3 Å². The van der Waals surface area contributed by atoms with Crippen LogP contribution in [0.3, 0.4) is 0 Å². The number of nitrogens with two attached hydrogens (primary N) is 6. The van der Waals surface area contributed by atoms with Gasteiger partial charge in [-0.3, -0.25) is 47.9 Å². The molecule has 626 valence electrons. The molecule has 16 N–H and O–H groups in total. The maximum Gasteiger partial charge on any atom is 0.349 e. The number of hydrogen-bond donors (Lipinski definition) is 10. The second-order valence-electron chi connectivity index (χ2n) is 27.3. The third-order valence-electron chi connectivity index (χ3n) is 17.2. The van der Waals surface area contributed by atoms with Gasteiger partial charge in [-0.1, -0.05) is 224 Å². The van der Waals surface area contributed by atoms with E-state index in [2.05, 4.69) is 0 Å². The zero-order chi connectivity index (χ0) is 85.8. The molecule has 34 heteroatoms. The molecule has 34 nitrogen and oxygen atoms in total. The highest BCUT2D eigenvalue weighted by molar-refractivity contribution is 5.87. The number of carboxylic acid groups (broad SMARTS) is 4. The Hall–Kier alpha value is -10.8. The molecule has 0 aliphatic rings. The Balaban J connectivity index is 0.000000763. The van der Waals surface area contributed by atoms with E-state index in [4.69, 9.17) is 92.0 Å². The zero-order valence-corrected chi connectivity index (χ0v) is 65.8. The summed E-state index contributed by atoms with van der Waals surface area (Å²) >= 11 is 0. The lowest BCUT2D eigenvalue weighted by Gasteiger charge is -2.27. The average molecular weight is 1590 g/mol. The Morgan fingerprint density at radius 1 is 0.283 bits per heavy atom. The van der Waals surface area contributed by atoms with Gasteiger partial charge in [0, 0.05) is 0 Å². The lowest BCUT2D eigenvalue weighted by molar-refractivity contribution is -0.184. The highest BCUT2D eigenvalue weighted by Gasteiger charge is 2.42. The van der Waals surface area contributed by atoms with Gasteiger partial charge in [-0.25, -0.2) is 19.2 Å². The zero-order valence-electron chi connectivity index (χ0n) is 65.8. The molecule has 6 unspecified atom stereocenters. The molecule has 0 radical (unpaired) electrons.